The van der Waals surface area contributed by atoms with Crippen LogP contribution in [0.25, 0.3) is 0 Å². The van der Waals surface area contributed by atoms with Crippen LogP contribution in [0.3, 0.4) is 0 Å². The van der Waals surface area contributed by atoms with Gasteiger partial charge in [-0.25, -0.2) is 0 Å². The first-order valence-electron chi connectivity index (χ1n) is 9.52. The van der Waals surface area contributed by atoms with Crippen LogP contribution < -0.4 is 5.32 Å². The Morgan fingerprint density at radius 1 is 1.17 bits per heavy atom. The summed E-state index contributed by atoms with van der Waals surface area (Å²) in [5, 5.41) is 12.3. The Balaban J connectivity index is 1.39. The maximum Gasteiger partial charge on any atom is 0.210 e. The predicted octanol–water partition coefficient (Wildman–Crippen LogP) is 5.62. The highest BCUT2D eigenvalue weighted by Gasteiger charge is 2.17. The number of Topliss-reactive ketones (excluding diaryl/α,β-unsaturated/α-hetero) is 1. The van der Waals surface area contributed by atoms with Gasteiger partial charge in [0.05, 0.1) is 18.6 Å². The zero-order valence-electron chi connectivity index (χ0n) is 17.0. The lowest BCUT2D eigenvalue weighted by Crippen LogP contribution is -2.07. The Bertz CT molecular complexity index is 1160. The van der Waals surface area contributed by atoms with Crippen LogP contribution in [0.2, 0.25) is 0 Å². The van der Waals surface area contributed by atoms with Gasteiger partial charge < -0.3 is 14.3 Å². The Morgan fingerprint density at radius 3 is 2.80 bits per heavy atom. The average molecular weight is 439 g/mol. The maximum absolute atomic E-state index is 12.8. The number of hydrogen-bond acceptors (Lipinski definition) is 7. The first-order chi connectivity index (χ1) is 14.5. The summed E-state index contributed by atoms with van der Waals surface area (Å²) in [5.41, 5.74) is 4.89. The van der Waals surface area contributed by atoms with E-state index in [-0.39, 0.29) is 5.78 Å². The standard InChI is InChI=1S/C22H22N4O2S2/c1-14-6-4-7-17(10-14)23-21-24-25-22(30-21)29-13-20(27)19-11-15(2)26(16(19)3)12-18-8-5-9-28-18/h4-11H,12-13H2,1-3H3,(H,23,24). The molecule has 0 aliphatic heterocycles. The van der Waals surface area contributed by atoms with Crippen molar-refractivity contribution in [3.63, 3.8) is 0 Å². The maximum atomic E-state index is 12.8. The molecule has 0 bridgehead atoms. The van der Waals surface area contributed by atoms with E-state index in [0.29, 0.717) is 17.4 Å². The first kappa shape index (κ1) is 20.4. The number of furan rings is 1. The molecule has 4 rings (SSSR count). The molecule has 0 spiro atoms. The van der Waals surface area contributed by atoms with Crippen molar-refractivity contribution >= 4 is 39.7 Å². The number of anilines is 2. The van der Waals surface area contributed by atoms with Crippen molar-refractivity contribution in [3.05, 3.63) is 77.0 Å². The lowest BCUT2D eigenvalue weighted by atomic mass is 10.2. The monoisotopic (exact) mass is 438 g/mol. The Morgan fingerprint density at radius 2 is 2.03 bits per heavy atom. The molecule has 0 fully saturated rings. The second-order valence-electron chi connectivity index (χ2n) is 7.03. The Hall–Kier alpha value is -2.84. The van der Waals surface area contributed by atoms with E-state index in [2.05, 4.69) is 26.1 Å². The number of carbonyl (C=O) groups excluding carboxylic acids is 1. The summed E-state index contributed by atoms with van der Waals surface area (Å²) < 4.78 is 8.31. The van der Waals surface area contributed by atoms with E-state index in [0.717, 1.165) is 32.7 Å². The van der Waals surface area contributed by atoms with Crippen LogP contribution in [0.4, 0.5) is 10.8 Å². The molecule has 3 aromatic heterocycles. The molecule has 0 atom stereocenters. The van der Waals surface area contributed by atoms with Gasteiger partial charge in [-0.1, -0.05) is 35.2 Å². The summed E-state index contributed by atoms with van der Waals surface area (Å²) in [7, 11) is 0. The third-order valence-corrected chi connectivity index (χ3v) is 6.74. The molecular formula is C22H22N4O2S2. The summed E-state index contributed by atoms with van der Waals surface area (Å²) in [5.74, 6) is 1.28. The number of nitrogens with one attached hydrogen (secondary N) is 1. The molecule has 0 radical (unpaired) electrons. The lowest BCUT2D eigenvalue weighted by Gasteiger charge is -2.07. The number of aromatic nitrogens is 3. The van der Waals surface area contributed by atoms with E-state index < -0.39 is 0 Å². The summed E-state index contributed by atoms with van der Waals surface area (Å²) in [6.07, 6.45) is 1.66. The van der Waals surface area contributed by atoms with E-state index in [9.17, 15) is 4.79 Å². The highest BCUT2D eigenvalue weighted by molar-refractivity contribution is 8.01. The average Bonchev–Trinajstić information content (AvgIpc) is 3.44. The van der Waals surface area contributed by atoms with Crippen LogP contribution in [0.15, 0.2) is 57.5 Å². The smallest absolute Gasteiger partial charge is 0.210 e. The number of nitrogens with zero attached hydrogens (tertiary/aromatic N) is 3. The van der Waals surface area contributed by atoms with E-state index in [1.54, 1.807) is 6.26 Å². The molecule has 0 aliphatic rings. The van der Waals surface area contributed by atoms with Crippen LogP contribution in [0, 0.1) is 20.8 Å². The molecule has 0 amide bonds. The van der Waals surface area contributed by atoms with Gasteiger partial charge in [-0.2, -0.15) is 0 Å². The Labute approximate surface area is 183 Å². The summed E-state index contributed by atoms with van der Waals surface area (Å²) in [4.78, 5) is 12.8. The SMILES string of the molecule is Cc1cccc(Nc2nnc(SCC(=O)c3cc(C)n(Cc4ccco4)c3C)s2)c1. The predicted molar refractivity (Wildman–Crippen MR) is 121 cm³/mol. The van der Waals surface area contributed by atoms with Crippen molar-refractivity contribution in [1.82, 2.24) is 14.8 Å². The van der Waals surface area contributed by atoms with E-state index in [1.807, 2.05) is 57.2 Å². The van der Waals surface area contributed by atoms with Crippen molar-refractivity contribution in [2.24, 2.45) is 0 Å². The second-order valence-corrected chi connectivity index (χ2v) is 9.23. The van der Waals surface area contributed by atoms with Gasteiger partial charge in [0.25, 0.3) is 0 Å². The normalized spacial score (nSPS) is 11.0. The van der Waals surface area contributed by atoms with Crippen LogP contribution >= 0.6 is 23.1 Å². The largest absolute Gasteiger partial charge is 0.467 e. The van der Waals surface area contributed by atoms with Gasteiger partial charge in [-0.3, -0.25) is 4.79 Å². The number of thioether (sulfide) groups is 1. The summed E-state index contributed by atoms with van der Waals surface area (Å²) in [6, 6.07) is 13.8. The fraction of sp³-hybridized carbons (Fsp3) is 0.227. The molecule has 6 nitrogen and oxygen atoms in total. The molecule has 1 aromatic carbocycles. The van der Waals surface area contributed by atoms with Crippen molar-refractivity contribution in [2.45, 2.75) is 31.7 Å². The molecule has 154 valence electrons. The molecule has 8 heteroatoms. The minimum atomic E-state index is 0.0854. The molecule has 30 heavy (non-hydrogen) atoms. The van der Waals surface area contributed by atoms with Crippen LogP contribution in [-0.4, -0.2) is 26.3 Å². The van der Waals surface area contributed by atoms with E-state index in [1.165, 1.54) is 28.7 Å². The molecule has 0 saturated carbocycles. The molecule has 3 heterocycles. The Kier molecular flexibility index (Phi) is 6.06. The van der Waals surface area contributed by atoms with Crippen molar-refractivity contribution in [2.75, 3.05) is 11.1 Å². The summed E-state index contributed by atoms with van der Waals surface area (Å²) >= 11 is 2.86. The minimum absolute atomic E-state index is 0.0854. The fourth-order valence-corrected chi connectivity index (χ4v) is 4.91. The molecule has 0 saturated heterocycles. The topological polar surface area (TPSA) is 73.0 Å². The zero-order valence-corrected chi connectivity index (χ0v) is 18.6. The molecule has 0 unspecified atom stereocenters. The van der Waals surface area contributed by atoms with Crippen LogP contribution in [0.5, 0.6) is 0 Å². The number of carbonyl (C=O) groups is 1. The number of ketones is 1. The van der Waals surface area contributed by atoms with Gasteiger partial charge >= 0.3 is 0 Å². The minimum Gasteiger partial charge on any atom is -0.467 e. The molecular weight excluding hydrogens is 416 g/mol. The fourth-order valence-electron chi connectivity index (χ4n) is 3.26. The first-order valence-corrected chi connectivity index (χ1v) is 11.3. The molecule has 4 aromatic rings. The van der Waals surface area contributed by atoms with Crippen LogP contribution in [0.1, 0.15) is 33.1 Å². The number of benzene rings is 1. The third kappa shape index (κ3) is 4.66. The van der Waals surface area contributed by atoms with Gasteiger partial charge in [0.2, 0.25) is 5.13 Å². The highest BCUT2D eigenvalue weighted by atomic mass is 32.2. The highest BCUT2D eigenvalue weighted by Crippen LogP contribution is 2.29. The van der Waals surface area contributed by atoms with Gasteiger partial charge in [0, 0.05) is 22.6 Å². The van der Waals surface area contributed by atoms with Crippen LogP contribution in [-0.2, 0) is 6.54 Å². The van der Waals surface area contributed by atoms with Crippen molar-refractivity contribution in [3.8, 4) is 0 Å². The second kappa shape index (κ2) is 8.89. The van der Waals surface area contributed by atoms with Gasteiger partial charge in [0.1, 0.15) is 5.76 Å². The summed E-state index contributed by atoms with van der Waals surface area (Å²) in [6.45, 7) is 6.65. The van der Waals surface area contributed by atoms with Gasteiger partial charge in [0.15, 0.2) is 10.1 Å². The van der Waals surface area contributed by atoms with E-state index in [4.69, 9.17) is 4.42 Å². The molecule has 0 aliphatic carbocycles. The van der Waals surface area contributed by atoms with Crippen molar-refractivity contribution < 1.29 is 9.21 Å². The zero-order chi connectivity index (χ0) is 21.1. The number of rotatable bonds is 8. The number of aryl methyl sites for hydroxylation is 2. The van der Waals surface area contributed by atoms with Crippen molar-refractivity contribution in [1.29, 1.82) is 0 Å². The molecule has 1 N–H and O–H groups in total. The third-order valence-electron chi connectivity index (χ3n) is 4.77. The quantitative estimate of drug-likeness (QED) is 0.284. The van der Waals surface area contributed by atoms with Gasteiger partial charge in [-0.05, 0) is 56.7 Å². The van der Waals surface area contributed by atoms with E-state index >= 15 is 0 Å². The lowest BCUT2D eigenvalue weighted by molar-refractivity contribution is 0.102. The van der Waals surface area contributed by atoms with Gasteiger partial charge in [-0.15, -0.1) is 10.2 Å². The number of hydrogen-bond donors (Lipinski definition) is 1.